The maximum Gasteiger partial charge on any atom is 0.119 e. The molecule has 0 aromatic heterocycles. The predicted octanol–water partition coefficient (Wildman–Crippen LogP) is 6.36. The van der Waals surface area contributed by atoms with Crippen LogP contribution in [0.15, 0.2) is 24.3 Å². The Kier molecular flexibility index (Phi) is 43.4. The lowest BCUT2D eigenvalue weighted by Gasteiger charge is -2.09. The Bertz CT molecular complexity index is 865. The summed E-state index contributed by atoms with van der Waals surface area (Å²) in [5.41, 5.74) is 1.38. The molecular weight excluding hydrogens is 724 g/mol. The molecule has 0 aliphatic heterocycles. The molecule has 0 amide bonds. The molecule has 1 aromatic carbocycles. The van der Waals surface area contributed by atoms with Gasteiger partial charge < -0.3 is 61.6 Å². The van der Waals surface area contributed by atoms with E-state index in [0.717, 1.165) is 31.6 Å². The van der Waals surface area contributed by atoms with Gasteiger partial charge in [0.1, 0.15) is 12.4 Å². The molecule has 0 N–H and O–H groups in total. The summed E-state index contributed by atoms with van der Waals surface area (Å²) in [7, 11) is 0. The topological polar surface area (TPSA) is 120 Å². The van der Waals surface area contributed by atoms with Crippen molar-refractivity contribution in [1.29, 1.82) is 0 Å². The van der Waals surface area contributed by atoms with Gasteiger partial charge in [-0.1, -0.05) is 70.9 Å². The molecule has 13 heteroatoms. The van der Waals surface area contributed by atoms with Crippen LogP contribution in [0.4, 0.5) is 0 Å². The van der Waals surface area contributed by atoms with E-state index in [1.54, 1.807) is 0 Å². The zero-order valence-electron chi connectivity index (χ0n) is 35.4. The van der Waals surface area contributed by atoms with Crippen molar-refractivity contribution in [3.8, 4) is 5.75 Å². The van der Waals surface area contributed by atoms with Crippen molar-refractivity contribution >= 4 is 0 Å². The highest BCUT2D eigenvalue weighted by Crippen LogP contribution is 2.15. The van der Waals surface area contributed by atoms with Crippen LogP contribution in [0.25, 0.3) is 0 Å². The average Bonchev–Trinajstić information content (AvgIpc) is 3.22. The van der Waals surface area contributed by atoms with Crippen molar-refractivity contribution in [2.45, 2.75) is 78.1 Å². The number of aryl methyl sites for hydroxylation is 1. The van der Waals surface area contributed by atoms with Crippen LogP contribution < -0.4 is 4.74 Å². The first-order chi connectivity index (χ1) is 27.9. The Morgan fingerprint density at radius 2 is 0.536 bits per heavy atom. The Morgan fingerprint density at radius 1 is 0.268 bits per heavy atom. The Morgan fingerprint density at radius 3 is 0.857 bits per heavy atom. The molecule has 0 unspecified atom stereocenters. The van der Waals surface area contributed by atoms with E-state index in [0.29, 0.717) is 159 Å². The molecule has 1 aromatic rings. The van der Waals surface area contributed by atoms with Crippen LogP contribution in [-0.4, -0.2) is 165 Å². The van der Waals surface area contributed by atoms with Crippen molar-refractivity contribution in [1.82, 2.24) is 0 Å². The van der Waals surface area contributed by atoms with Crippen LogP contribution in [0.2, 0.25) is 0 Å². The molecule has 0 saturated carbocycles. The third-order valence-corrected chi connectivity index (χ3v) is 8.22. The first-order valence-corrected chi connectivity index (χ1v) is 21.5. The fourth-order valence-corrected chi connectivity index (χ4v) is 5.02. The molecule has 0 aliphatic rings. The zero-order chi connectivity index (χ0) is 39.9. The summed E-state index contributed by atoms with van der Waals surface area (Å²) in [5, 5.41) is 0. The smallest absolute Gasteiger partial charge is 0.119 e. The summed E-state index contributed by atoms with van der Waals surface area (Å²) >= 11 is 0. The number of hydrogen-bond donors (Lipinski definition) is 0. The monoisotopic (exact) mass is 805 g/mol. The normalized spacial score (nSPS) is 11.5. The molecular formula is C43H80O13. The van der Waals surface area contributed by atoms with Crippen LogP contribution >= 0.6 is 0 Å². The maximum absolute atomic E-state index is 5.79. The molecule has 0 bridgehead atoms. The summed E-state index contributed by atoms with van der Waals surface area (Å²) in [6.07, 6.45) is 12.8. The second-order valence-electron chi connectivity index (χ2n) is 13.1. The second-order valence-corrected chi connectivity index (χ2v) is 13.1. The predicted molar refractivity (Wildman–Crippen MR) is 218 cm³/mol. The van der Waals surface area contributed by atoms with E-state index in [-0.39, 0.29) is 0 Å². The molecule has 0 saturated heterocycles. The van der Waals surface area contributed by atoms with Crippen molar-refractivity contribution in [2.24, 2.45) is 0 Å². The third-order valence-electron chi connectivity index (χ3n) is 8.22. The lowest BCUT2D eigenvalue weighted by Crippen LogP contribution is -2.15. The van der Waals surface area contributed by atoms with Crippen molar-refractivity contribution < 1.29 is 61.6 Å². The van der Waals surface area contributed by atoms with Gasteiger partial charge in [-0.25, -0.2) is 0 Å². The minimum absolute atomic E-state index is 0.512. The van der Waals surface area contributed by atoms with Gasteiger partial charge in [0.05, 0.1) is 152 Å². The van der Waals surface area contributed by atoms with Crippen LogP contribution in [0.5, 0.6) is 5.75 Å². The van der Waals surface area contributed by atoms with Crippen LogP contribution in [0.3, 0.4) is 0 Å². The van der Waals surface area contributed by atoms with E-state index in [1.807, 2.05) is 0 Å². The van der Waals surface area contributed by atoms with Gasteiger partial charge in [0, 0.05) is 6.61 Å². The maximum atomic E-state index is 5.79. The van der Waals surface area contributed by atoms with Gasteiger partial charge in [-0.05, 0) is 37.0 Å². The lowest BCUT2D eigenvalue weighted by atomic mass is 10.0. The van der Waals surface area contributed by atoms with Gasteiger partial charge in [0.25, 0.3) is 0 Å². The van der Waals surface area contributed by atoms with E-state index in [4.69, 9.17) is 61.6 Å². The Labute approximate surface area is 339 Å². The number of ether oxygens (including phenoxy) is 13. The van der Waals surface area contributed by atoms with E-state index in [1.165, 1.54) is 50.5 Å². The standard InChI is InChI=1S/C43H80O13/c1-3-5-7-8-9-10-11-12-42-13-15-43(16-14-42)56-41-40-55-39-38-54-37-36-53-35-34-52-33-32-51-31-30-50-29-28-49-27-26-48-25-24-47-23-22-46-21-20-45-19-18-44-17-6-4-2/h13-16H,3-12,17-41H2,1-2H3. The van der Waals surface area contributed by atoms with Crippen molar-refractivity contribution in [3.05, 3.63) is 29.8 Å². The van der Waals surface area contributed by atoms with Gasteiger partial charge in [-0.2, -0.15) is 0 Å². The molecule has 330 valence electrons. The van der Waals surface area contributed by atoms with Crippen LogP contribution in [0, 0.1) is 0 Å². The fraction of sp³-hybridized carbons (Fsp3) is 0.860. The SMILES string of the molecule is CCCCCCCCCc1ccc(OCCOCCOCCOCCOCCOCCOCCOCCOCCOCCOCCOCCOCCCC)cc1. The van der Waals surface area contributed by atoms with Gasteiger partial charge in [0.2, 0.25) is 0 Å². The summed E-state index contributed by atoms with van der Waals surface area (Å²) in [6, 6.07) is 8.46. The highest BCUT2D eigenvalue weighted by molar-refractivity contribution is 5.27. The minimum Gasteiger partial charge on any atom is -0.491 e. The summed E-state index contributed by atoms with van der Waals surface area (Å²) in [4.78, 5) is 0. The molecule has 0 atom stereocenters. The number of hydrogen-bond acceptors (Lipinski definition) is 13. The molecule has 0 heterocycles. The van der Waals surface area contributed by atoms with E-state index in [2.05, 4.69) is 38.1 Å². The molecule has 0 spiro atoms. The molecule has 56 heavy (non-hydrogen) atoms. The van der Waals surface area contributed by atoms with Crippen molar-refractivity contribution in [3.63, 3.8) is 0 Å². The van der Waals surface area contributed by atoms with E-state index >= 15 is 0 Å². The minimum atomic E-state index is 0.512. The quantitative estimate of drug-likeness (QED) is 0.0681. The highest BCUT2D eigenvalue weighted by atomic mass is 16.6. The van der Waals surface area contributed by atoms with Gasteiger partial charge in [-0.15, -0.1) is 0 Å². The Balaban J connectivity index is 1.67. The van der Waals surface area contributed by atoms with Gasteiger partial charge in [-0.3, -0.25) is 0 Å². The summed E-state index contributed by atoms with van der Waals surface area (Å²) in [6.45, 7) is 18.0. The Hall–Kier alpha value is -1.46. The van der Waals surface area contributed by atoms with Crippen molar-refractivity contribution in [2.75, 3.05) is 165 Å². The lowest BCUT2D eigenvalue weighted by molar-refractivity contribution is -0.0285. The highest BCUT2D eigenvalue weighted by Gasteiger charge is 2.00. The molecule has 13 nitrogen and oxygen atoms in total. The molecule has 1 rings (SSSR count). The largest absolute Gasteiger partial charge is 0.491 e. The first-order valence-electron chi connectivity index (χ1n) is 21.5. The average molecular weight is 805 g/mol. The third kappa shape index (κ3) is 40.7. The fourth-order valence-electron chi connectivity index (χ4n) is 5.02. The number of benzene rings is 1. The van der Waals surface area contributed by atoms with Crippen LogP contribution in [0.1, 0.15) is 77.2 Å². The summed E-state index contributed by atoms with van der Waals surface area (Å²) < 4.78 is 71.9. The van der Waals surface area contributed by atoms with Gasteiger partial charge in [0.15, 0.2) is 0 Å². The second kappa shape index (κ2) is 46.2. The molecule has 0 aliphatic carbocycles. The molecule has 0 fully saturated rings. The van der Waals surface area contributed by atoms with E-state index in [9.17, 15) is 0 Å². The van der Waals surface area contributed by atoms with Gasteiger partial charge >= 0.3 is 0 Å². The number of unbranched alkanes of at least 4 members (excludes halogenated alkanes) is 7. The van der Waals surface area contributed by atoms with E-state index < -0.39 is 0 Å². The zero-order valence-corrected chi connectivity index (χ0v) is 35.4. The molecule has 0 radical (unpaired) electrons. The first kappa shape index (κ1) is 52.6. The number of rotatable bonds is 48. The summed E-state index contributed by atoms with van der Waals surface area (Å²) in [5.74, 6) is 0.887. The van der Waals surface area contributed by atoms with Crippen LogP contribution in [-0.2, 0) is 63.3 Å².